The fraction of sp³-hybridized carbons (Fsp3) is 0.242. The number of H-pyrrole nitrogens is 1. The van der Waals surface area contributed by atoms with Gasteiger partial charge in [-0.15, -0.1) is 0 Å². The highest BCUT2D eigenvalue weighted by Gasteiger charge is 2.28. The Balaban J connectivity index is 1.54. The Kier molecular flexibility index (Phi) is 6.46. The molecule has 0 amide bonds. The quantitative estimate of drug-likeness (QED) is 0.242. The summed E-state index contributed by atoms with van der Waals surface area (Å²) in [5.74, 6) is -1.25. The zero-order valence-corrected chi connectivity index (χ0v) is 23.5. The molecule has 1 atom stereocenters. The zero-order chi connectivity index (χ0) is 29.0. The topological polar surface area (TPSA) is 88.7 Å². The average molecular weight is 564 g/mol. The van der Waals surface area contributed by atoms with Crippen molar-refractivity contribution in [3.05, 3.63) is 96.2 Å². The molecule has 0 bridgehead atoms. The number of pyridine rings is 2. The molecule has 212 valence electrons. The summed E-state index contributed by atoms with van der Waals surface area (Å²) < 4.78 is 31.2. The summed E-state index contributed by atoms with van der Waals surface area (Å²) in [4.78, 5) is 12.0. The van der Waals surface area contributed by atoms with Crippen molar-refractivity contribution in [2.24, 2.45) is 5.73 Å². The van der Waals surface area contributed by atoms with Crippen molar-refractivity contribution in [2.45, 2.75) is 38.8 Å². The second-order valence-electron chi connectivity index (χ2n) is 11.3. The van der Waals surface area contributed by atoms with E-state index in [2.05, 4.69) is 51.0 Å². The summed E-state index contributed by atoms with van der Waals surface area (Å²) in [7, 11) is 0. The number of piperidine rings is 1. The summed E-state index contributed by atoms with van der Waals surface area (Å²) >= 11 is 0. The molecule has 7 rings (SSSR count). The van der Waals surface area contributed by atoms with Crippen LogP contribution < -0.4 is 10.6 Å². The van der Waals surface area contributed by atoms with Crippen LogP contribution in [0.15, 0.2) is 73.3 Å². The van der Waals surface area contributed by atoms with Crippen LogP contribution in [0.5, 0.6) is 0 Å². The first-order valence-electron chi connectivity index (χ1n) is 14.2. The average Bonchev–Trinajstić information content (AvgIpc) is 3.61. The molecule has 0 radical (unpaired) electrons. The highest BCUT2D eigenvalue weighted by Crippen LogP contribution is 2.45. The van der Waals surface area contributed by atoms with E-state index in [0.29, 0.717) is 11.1 Å². The smallest absolute Gasteiger partial charge is 0.143 e. The summed E-state index contributed by atoms with van der Waals surface area (Å²) in [5, 5.41) is 9.22. The van der Waals surface area contributed by atoms with Gasteiger partial charge in [-0.3, -0.25) is 10.1 Å². The van der Waals surface area contributed by atoms with E-state index >= 15 is 0 Å². The number of benzene rings is 2. The number of rotatable bonds is 5. The van der Waals surface area contributed by atoms with Gasteiger partial charge in [0.25, 0.3) is 0 Å². The number of anilines is 1. The lowest BCUT2D eigenvalue weighted by Crippen LogP contribution is -2.40. The Morgan fingerprint density at radius 2 is 1.69 bits per heavy atom. The molecule has 0 aliphatic carbocycles. The first-order chi connectivity index (χ1) is 20.4. The van der Waals surface area contributed by atoms with Gasteiger partial charge in [-0.25, -0.2) is 13.8 Å². The Hall–Kier alpha value is -4.63. The van der Waals surface area contributed by atoms with Crippen LogP contribution in [0.25, 0.3) is 44.2 Å². The lowest BCUT2D eigenvalue weighted by Gasteiger charge is -2.34. The molecule has 0 saturated carbocycles. The van der Waals surface area contributed by atoms with E-state index in [0.717, 1.165) is 82.0 Å². The van der Waals surface area contributed by atoms with Crippen LogP contribution in [0, 0.1) is 18.6 Å². The van der Waals surface area contributed by atoms with Crippen LogP contribution in [0.1, 0.15) is 37.1 Å². The minimum absolute atomic E-state index is 0.119. The summed E-state index contributed by atoms with van der Waals surface area (Å²) in [6, 6.07) is 13.9. The summed E-state index contributed by atoms with van der Waals surface area (Å²) in [6.07, 6.45) is 9.18. The molecule has 1 saturated heterocycles. The number of hydrogen-bond acceptors (Lipinski definition) is 5. The molecule has 1 aliphatic rings. The van der Waals surface area contributed by atoms with Crippen molar-refractivity contribution in [3.8, 4) is 22.3 Å². The zero-order valence-electron chi connectivity index (χ0n) is 23.5. The lowest BCUT2D eigenvalue weighted by molar-refractivity contribution is 0.502. The third-order valence-electron chi connectivity index (χ3n) is 8.38. The van der Waals surface area contributed by atoms with Crippen LogP contribution in [0.3, 0.4) is 0 Å². The highest BCUT2D eigenvalue weighted by atomic mass is 19.1. The first kappa shape index (κ1) is 26.3. The number of fused-ring (bicyclic) bond motifs is 2. The fourth-order valence-corrected chi connectivity index (χ4v) is 6.06. The third kappa shape index (κ3) is 4.59. The molecule has 1 fully saturated rings. The van der Waals surface area contributed by atoms with Gasteiger partial charge in [-0.2, -0.15) is 5.10 Å². The van der Waals surface area contributed by atoms with Crippen LogP contribution in [0.4, 0.5) is 14.5 Å². The van der Waals surface area contributed by atoms with Crippen molar-refractivity contribution in [1.82, 2.24) is 24.7 Å². The van der Waals surface area contributed by atoms with Gasteiger partial charge in [-0.05, 0) is 67.6 Å². The molecule has 6 aromatic rings. The third-order valence-corrected chi connectivity index (χ3v) is 8.38. The number of aromatic nitrogens is 5. The number of nitrogens with zero attached hydrogens (tertiary/aromatic N) is 5. The van der Waals surface area contributed by atoms with Crippen molar-refractivity contribution in [1.29, 1.82) is 0 Å². The molecule has 5 heterocycles. The van der Waals surface area contributed by atoms with E-state index in [1.807, 2.05) is 25.3 Å². The Morgan fingerprint density at radius 3 is 2.43 bits per heavy atom. The Labute approximate surface area is 242 Å². The molecule has 2 aromatic carbocycles. The maximum absolute atomic E-state index is 14.5. The molecule has 3 N–H and O–H groups in total. The SMILES string of the molecule is Cc1ccc(C(C)n2cc(-c3ccc4cn[nH]c4c3)c3c(N4CCC(N)CC4)c(-c4cc(F)cc(F)c4)cnc32)nc1. The lowest BCUT2D eigenvalue weighted by atomic mass is 9.96. The number of nitrogens with one attached hydrogen (secondary N) is 1. The molecular formula is C33H31F2N7. The van der Waals surface area contributed by atoms with Crippen molar-refractivity contribution in [2.75, 3.05) is 18.0 Å². The van der Waals surface area contributed by atoms with E-state index in [4.69, 9.17) is 15.7 Å². The minimum atomic E-state index is -0.627. The fourth-order valence-electron chi connectivity index (χ4n) is 6.06. The van der Waals surface area contributed by atoms with Crippen LogP contribution in [0.2, 0.25) is 0 Å². The Bertz CT molecular complexity index is 1900. The second-order valence-corrected chi connectivity index (χ2v) is 11.3. The largest absolute Gasteiger partial charge is 0.370 e. The van der Waals surface area contributed by atoms with Crippen LogP contribution in [-0.4, -0.2) is 43.9 Å². The van der Waals surface area contributed by atoms with Crippen molar-refractivity contribution < 1.29 is 8.78 Å². The number of halogens is 2. The van der Waals surface area contributed by atoms with Gasteiger partial charge >= 0.3 is 0 Å². The number of hydrogen-bond donors (Lipinski definition) is 2. The first-order valence-corrected chi connectivity index (χ1v) is 14.2. The molecular weight excluding hydrogens is 532 g/mol. The van der Waals surface area contributed by atoms with Gasteiger partial charge in [0.05, 0.1) is 34.5 Å². The molecule has 1 unspecified atom stereocenters. The van der Waals surface area contributed by atoms with Gasteiger partial charge in [0.1, 0.15) is 17.3 Å². The summed E-state index contributed by atoms with van der Waals surface area (Å²) in [6.45, 7) is 5.58. The maximum Gasteiger partial charge on any atom is 0.143 e. The molecule has 7 nitrogen and oxygen atoms in total. The standard InChI is InChI=1S/C33H31F2N7/c1-19-3-6-29(37-15-19)20(2)42-18-28(21-4-5-22-16-39-40-30(22)13-21)31-32(41-9-7-26(36)8-10-41)27(17-38-33(31)42)23-11-24(34)14-25(35)12-23/h3-6,11-18,20,26H,7-10,36H2,1-2H3,(H,39,40). The van der Waals surface area contributed by atoms with E-state index in [1.54, 1.807) is 12.4 Å². The Morgan fingerprint density at radius 1 is 0.905 bits per heavy atom. The summed E-state index contributed by atoms with van der Waals surface area (Å²) in [5.41, 5.74) is 14.0. The normalized spacial score (nSPS) is 15.1. The minimum Gasteiger partial charge on any atom is -0.370 e. The molecule has 42 heavy (non-hydrogen) atoms. The van der Waals surface area contributed by atoms with E-state index in [9.17, 15) is 8.78 Å². The van der Waals surface area contributed by atoms with Crippen molar-refractivity contribution in [3.63, 3.8) is 0 Å². The predicted molar refractivity (Wildman–Crippen MR) is 162 cm³/mol. The van der Waals surface area contributed by atoms with Crippen LogP contribution in [-0.2, 0) is 0 Å². The van der Waals surface area contributed by atoms with Gasteiger partial charge < -0.3 is 15.2 Å². The molecule has 1 aliphatic heterocycles. The molecule has 9 heteroatoms. The van der Waals surface area contributed by atoms with E-state index in [-0.39, 0.29) is 12.1 Å². The van der Waals surface area contributed by atoms with Gasteiger partial charge in [-0.1, -0.05) is 18.2 Å². The van der Waals surface area contributed by atoms with Crippen molar-refractivity contribution >= 4 is 27.6 Å². The number of aromatic amines is 1. The molecule has 0 spiro atoms. The molecule has 4 aromatic heterocycles. The van der Waals surface area contributed by atoms with E-state index in [1.165, 1.54) is 12.1 Å². The maximum atomic E-state index is 14.5. The predicted octanol–water partition coefficient (Wildman–Crippen LogP) is 6.77. The highest BCUT2D eigenvalue weighted by molar-refractivity contribution is 6.08. The van der Waals surface area contributed by atoms with Gasteiger partial charge in [0.2, 0.25) is 0 Å². The van der Waals surface area contributed by atoms with Crippen LogP contribution >= 0.6 is 0 Å². The second kappa shape index (κ2) is 10.3. The van der Waals surface area contributed by atoms with Gasteiger partial charge in [0.15, 0.2) is 0 Å². The monoisotopic (exact) mass is 563 g/mol. The van der Waals surface area contributed by atoms with Gasteiger partial charge in [0, 0.05) is 60.3 Å². The number of aryl methyl sites for hydroxylation is 1. The number of nitrogens with two attached hydrogens (primary N) is 1. The van der Waals surface area contributed by atoms with E-state index < -0.39 is 11.6 Å².